The highest BCUT2D eigenvalue weighted by molar-refractivity contribution is 7.89. The predicted octanol–water partition coefficient (Wildman–Crippen LogP) is 3.01. The maximum Gasteiger partial charge on any atom is 0.257 e. The predicted molar refractivity (Wildman–Crippen MR) is 134 cm³/mol. The van der Waals surface area contributed by atoms with E-state index in [-0.39, 0.29) is 10.8 Å². The van der Waals surface area contributed by atoms with E-state index in [1.165, 1.54) is 30.9 Å². The van der Waals surface area contributed by atoms with Crippen LogP contribution in [0.2, 0.25) is 0 Å². The minimum Gasteiger partial charge on any atom is -0.379 e. The normalized spacial score (nSPS) is 17.7. The van der Waals surface area contributed by atoms with Crippen molar-refractivity contribution in [2.24, 2.45) is 0 Å². The molecule has 0 unspecified atom stereocenters. The van der Waals surface area contributed by atoms with Crippen LogP contribution in [0.4, 0.5) is 11.4 Å². The van der Waals surface area contributed by atoms with Crippen LogP contribution in [0.5, 0.6) is 0 Å². The number of anilines is 2. The number of benzene rings is 2. The topological polar surface area (TPSA) is 82.2 Å². The Morgan fingerprint density at radius 1 is 1.00 bits per heavy atom. The Hall–Kier alpha value is -2.46. The van der Waals surface area contributed by atoms with Crippen molar-refractivity contribution in [1.29, 1.82) is 0 Å². The molecule has 0 saturated carbocycles. The number of piperidine rings is 1. The average Bonchev–Trinajstić information content (AvgIpc) is 2.85. The molecule has 184 valence electrons. The fraction of sp³-hybridized carbons (Fsp3) is 0.480. The standard InChI is InChI=1S/C25H34N4O4S/c1-27(2)34(31,32)22-9-10-24(29-11-4-3-5-12-29)23(18-22)25(30)26-21-8-6-7-20(17-21)19-28-13-15-33-16-14-28/h6-10,17-18H,3-5,11-16,19H2,1-2H3,(H,26,30). The SMILES string of the molecule is CN(C)S(=O)(=O)c1ccc(N2CCCCC2)c(C(=O)Nc2cccc(CN3CCOCC3)c2)c1. The highest BCUT2D eigenvalue weighted by Crippen LogP contribution is 2.29. The average molecular weight is 487 g/mol. The van der Waals surface area contributed by atoms with Crippen LogP contribution in [-0.4, -0.2) is 77.0 Å². The summed E-state index contributed by atoms with van der Waals surface area (Å²) in [6.45, 7) is 5.77. The van der Waals surface area contributed by atoms with Crippen molar-refractivity contribution in [2.75, 3.05) is 63.7 Å². The van der Waals surface area contributed by atoms with Gasteiger partial charge >= 0.3 is 0 Å². The van der Waals surface area contributed by atoms with Crippen LogP contribution in [0, 0.1) is 0 Å². The summed E-state index contributed by atoms with van der Waals surface area (Å²) in [6.07, 6.45) is 3.28. The van der Waals surface area contributed by atoms with E-state index in [2.05, 4.69) is 21.2 Å². The molecule has 2 aromatic carbocycles. The molecule has 0 aliphatic carbocycles. The molecule has 8 nitrogen and oxygen atoms in total. The lowest BCUT2D eigenvalue weighted by Crippen LogP contribution is -2.35. The highest BCUT2D eigenvalue weighted by Gasteiger charge is 2.24. The van der Waals surface area contributed by atoms with Gasteiger partial charge in [0.2, 0.25) is 10.0 Å². The lowest BCUT2D eigenvalue weighted by molar-refractivity contribution is 0.0342. The van der Waals surface area contributed by atoms with Gasteiger partial charge in [-0.05, 0) is 55.2 Å². The molecular formula is C25H34N4O4S. The largest absolute Gasteiger partial charge is 0.379 e. The molecule has 0 atom stereocenters. The molecule has 2 aliphatic rings. The number of nitrogens with one attached hydrogen (secondary N) is 1. The van der Waals surface area contributed by atoms with Gasteiger partial charge in [-0.15, -0.1) is 0 Å². The molecule has 9 heteroatoms. The van der Waals surface area contributed by atoms with Crippen LogP contribution in [-0.2, 0) is 21.3 Å². The zero-order valence-corrected chi connectivity index (χ0v) is 20.8. The van der Waals surface area contributed by atoms with Crippen LogP contribution in [0.1, 0.15) is 35.2 Å². The van der Waals surface area contributed by atoms with Crippen molar-refractivity contribution in [3.63, 3.8) is 0 Å². The number of morpholine rings is 1. The van der Waals surface area contributed by atoms with E-state index in [0.29, 0.717) is 11.3 Å². The van der Waals surface area contributed by atoms with Crippen LogP contribution in [0.3, 0.4) is 0 Å². The summed E-state index contributed by atoms with van der Waals surface area (Å²) in [4.78, 5) is 18.1. The number of sulfonamides is 1. The number of hydrogen-bond donors (Lipinski definition) is 1. The number of amides is 1. The summed E-state index contributed by atoms with van der Waals surface area (Å²) in [5, 5.41) is 3.01. The smallest absolute Gasteiger partial charge is 0.257 e. The first-order chi connectivity index (χ1) is 16.3. The van der Waals surface area contributed by atoms with Crippen molar-refractivity contribution in [3.8, 4) is 0 Å². The second kappa shape index (κ2) is 10.9. The third kappa shape index (κ3) is 5.78. The first-order valence-electron chi connectivity index (χ1n) is 11.9. The third-order valence-electron chi connectivity index (χ3n) is 6.38. The highest BCUT2D eigenvalue weighted by atomic mass is 32.2. The summed E-state index contributed by atoms with van der Waals surface area (Å²) in [5.74, 6) is -0.306. The quantitative estimate of drug-likeness (QED) is 0.648. The number of hydrogen-bond acceptors (Lipinski definition) is 6. The molecule has 0 bridgehead atoms. The second-order valence-corrected chi connectivity index (χ2v) is 11.2. The number of nitrogens with zero attached hydrogens (tertiary/aromatic N) is 3. The van der Waals surface area contributed by atoms with E-state index in [9.17, 15) is 13.2 Å². The summed E-state index contributed by atoms with van der Waals surface area (Å²) < 4.78 is 32.1. The fourth-order valence-corrected chi connectivity index (χ4v) is 5.37. The van der Waals surface area contributed by atoms with Gasteiger partial charge in [0.15, 0.2) is 0 Å². The molecule has 2 heterocycles. The molecule has 2 aliphatic heterocycles. The van der Waals surface area contributed by atoms with E-state index < -0.39 is 10.0 Å². The minimum absolute atomic E-state index is 0.115. The Kier molecular flexibility index (Phi) is 7.88. The Balaban J connectivity index is 1.60. The van der Waals surface area contributed by atoms with Crippen LogP contribution in [0.25, 0.3) is 0 Å². The van der Waals surface area contributed by atoms with Gasteiger partial charge < -0.3 is 15.0 Å². The molecule has 1 amide bonds. The summed E-state index contributed by atoms with van der Waals surface area (Å²) in [6, 6.07) is 12.7. The Morgan fingerprint density at radius 2 is 1.74 bits per heavy atom. The molecule has 2 aromatic rings. The van der Waals surface area contributed by atoms with Crippen LogP contribution < -0.4 is 10.2 Å². The van der Waals surface area contributed by atoms with Gasteiger partial charge in [0, 0.05) is 58.2 Å². The maximum absolute atomic E-state index is 13.5. The lowest BCUT2D eigenvalue weighted by Gasteiger charge is -2.30. The van der Waals surface area contributed by atoms with Gasteiger partial charge in [-0.2, -0.15) is 0 Å². The monoisotopic (exact) mass is 486 g/mol. The lowest BCUT2D eigenvalue weighted by atomic mass is 10.1. The van der Waals surface area contributed by atoms with E-state index in [4.69, 9.17) is 4.74 Å². The van der Waals surface area contributed by atoms with Gasteiger partial charge in [0.25, 0.3) is 5.91 Å². The van der Waals surface area contributed by atoms with Gasteiger partial charge in [-0.1, -0.05) is 12.1 Å². The van der Waals surface area contributed by atoms with Crippen molar-refractivity contribution < 1.29 is 17.9 Å². The van der Waals surface area contributed by atoms with Gasteiger partial charge in [-0.3, -0.25) is 9.69 Å². The molecule has 0 radical (unpaired) electrons. The molecule has 4 rings (SSSR count). The van der Waals surface area contributed by atoms with Gasteiger partial charge in [0.05, 0.1) is 23.7 Å². The minimum atomic E-state index is -3.66. The fourth-order valence-electron chi connectivity index (χ4n) is 4.44. The molecule has 2 fully saturated rings. The van der Waals surface area contributed by atoms with E-state index in [1.54, 1.807) is 12.1 Å². The molecule has 1 N–H and O–H groups in total. The Morgan fingerprint density at radius 3 is 2.44 bits per heavy atom. The van der Waals surface area contributed by atoms with Crippen molar-refractivity contribution in [1.82, 2.24) is 9.21 Å². The molecule has 34 heavy (non-hydrogen) atoms. The number of carbonyl (C=O) groups is 1. The van der Waals surface area contributed by atoms with Crippen molar-refractivity contribution >= 4 is 27.3 Å². The van der Waals surface area contributed by atoms with Gasteiger partial charge in [-0.25, -0.2) is 12.7 Å². The third-order valence-corrected chi connectivity index (χ3v) is 8.19. The molecule has 2 saturated heterocycles. The molecule has 0 spiro atoms. The van der Waals surface area contributed by atoms with E-state index >= 15 is 0 Å². The Bertz CT molecular complexity index is 1110. The number of carbonyl (C=O) groups excluding carboxylic acids is 1. The number of ether oxygens (including phenoxy) is 1. The second-order valence-electron chi connectivity index (χ2n) is 9.06. The zero-order chi connectivity index (χ0) is 24.1. The zero-order valence-electron chi connectivity index (χ0n) is 20.0. The van der Waals surface area contributed by atoms with E-state index in [0.717, 1.165) is 70.0 Å². The first-order valence-corrected chi connectivity index (χ1v) is 13.3. The molecule has 0 aromatic heterocycles. The first kappa shape index (κ1) is 24.7. The summed E-state index contributed by atoms with van der Waals surface area (Å²) in [7, 11) is -0.670. The van der Waals surface area contributed by atoms with Crippen molar-refractivity contribution in [3.05, 3.63) is 53.6 Å². The van der Waals surface area contributed by atoms with Crippen LogP contribution in [0.15, 0.2) is 47.4 Å². The summed E-state index contributed by atoms with van der Waals surface area (Å²) >= 11 is 0. The number of rotatable bonds is 7. The molecular weight excluding hydrogens is 452 g/mol. The van der Waals surface area contributed by atoms with Crippen LogP contribution >= 0.6 is 0 Å². The van der Waals surface area contributed by atoms with E-state index in [1.807, 2.05) is 18.2 Å². The van der Waals surface area contributed by atoms with Crippen molar-refractivity contribution in [2.45, 2.75) is 30.7 Å². The maximum atomic E-state index is 13.5. The van der Waals surface area contributed by atoms with Gasteiger partial charge in [0.1, 0.15) is 0 Å². The Labute approximate surface area is 202 Å². The summed E-state index contributed by atoms with van der Waals surface area (Å²) in [5.41, 5.74) is 2.96.